The number of hydrogen-bond donors (Lipinski definition) is 1. The molecule has 0 amide bonds. The van der Waals surface area contributed by atoms with Crippen LogP contribution in [0.1, 0.15) is 19.3 Å². The summed E-state index contributed by atoms with van der Waals surface area (Å²) in [6.07, 6.45) is 3.58. The second kappa shape index (κ2) is 4.50. The Hall–Kier alpha value is 0.640. The molecule has 0 aromatic rings. The van der Waals surface area contributed by atoms with Gasteiger partial charge in [-0.25, -0.2) is 0 Å². The van der Waals surface area contributed by atoms with Crippen molar-refractivity contribution >= 4 is 19.3 Å². The fourth-order valence-corrected chi connectivity index (χ4v) is 2.56. The second-order valence-corrected chi connectivity index (χ2v) is 3.86. The van der Waals surface area contributed by atoms with Crippen LogP contribution in [0.25, 0.3) is 0 Å². The average molecular weight is 182 g/mol. The zero-order chi connectivity index (χ0) is 7.40. The molecular formula is C6H13ClNOP. The molecule has 1 fully saturated rings. The Morgan fingerprint density at radius 2 is 2.40 bits per heavy atom. The lowest BCUT2D eigenvalue weighted by Crippen LogP contribution is -2.35. The van der Waals surface area contributed by atoms with Crippen LogP contribution in [0.3, 0.4) is 0 Å². The summed E-state index contributed by atoms with van der Waals surface area (Å²) in [4.78, 5) is 0. The minimum absolute atomic E-state index is 0.264. The van der Waals surface area contributed by atoms with Gasteiger partial charge in [0.15, 0.2) is 0 Å². The van der Waals surface area contributed by atoms with Crippen molar-refractivity contribution in [3.63, 3.8) is 0 Å². The van der Waals surface area contributed by atoms with E-state index < -0.39 is 0 Å². The van der Waals surface area contributed by atoms with Crippen LogP contribution in [0.15, 0.2) is 0 Å². The summed E-state index contributed by atoms with van der Waals surface area (Å²) in [6, 6.07) is 0.338. The predicted octanol–water partition coefficient (Wildman–Crippen LogP) is 1.58. The molecule has 0 radical (unpaired) electrons. The van der Waals surface area contributed by atoms with Gasteiger partial charge < -0.3 is 5.11 Å². The van der Waals surface area contributed by atoms with E-state index in [1.54, 1.807) is 0 Å². The summed E-state index contributed by atoms with van der Waals surface area (Å²) in [7, 11) is 0.340. The maximum absolute atomic E-state index is 8.90. The zero-order valence-electron chi connectivity index (χ0n) is 5.89. The lowest BCUT2D eigenvalue weighted by molar-refractivity contribution is 0.163. The molecule has 0 aliphatic carbocycles. The highest BCUT2D eigenvalue weighted by molar-refractivity contribution is 7.66. The number of piperidine rings is 1. The molecule has 1 saturated heterocycles. The maximum atomic E-state index is 8.90. The fourth-order valence-electron chi connectivity index (χ4n) is 1.30. The molecule has 1 heterocycles. The monoisotopic (exact) mass is 181 g/mol. The van der Waals surface area contributed by atoms with Gasteiger partial charge in [0, 0.05) is 20.7 Å². The van der Waals surface area contributed by atoms with Crippen molar-refractivity contribution in [2.75, 3.05) is 13.2 Å². The van der Waals surface area contributed by atoms with Crippen LogP contribution in [0.2, 0.25) is 0 Å². The molecule has 10 heavy (non-hydrogen) atoms. The Morgan fingerprint density at radius 1 is 1.60 bits per heavy atom. The van der Waals surface area contributed by atoms with Crippen LogP contribution < -0.4 is 0 Å². The van der Waals surface area contributed by atoms with Gasteiger partial charge >= 0.3 is 0 Å². The topological polar surface area (TPSA) is 23.5 Å². The van der Waals surface area contributed by atoms with Crippen molar-refractivity contribution in [3.8, 4) is 0 Å². The van der Waals surface area contributed by atoms with Crippen LogP contribution in [0, 0.1) is 0 Å². The molecule has 1 rings (SSSR count). The minimum Gasteiger partial charge on any atom is -0.395 e. The average Bonchev–Trinajstić information content (AvgIpc) is 2.04. The first-order chi connectivity index (χ1) is 4.88. The Bertz CT molecular complexity index is 91.7. The van der Waals surface area contributed by atoms with E-state index in [0.717, 1.165) is 13.0 Å². The predicted molar refractivity (Wildman–Crippen MR) is 45.6 cm³/mol. The third-order valence-electron chi connectivity index (χ3n) is 1.95. The third-order valence-corrected chi connectivity index (χ3v) is 3.40. The quantitative estimate of drug-likeness (QED) is 0.654. The molecule has 1 aliphatic rings. The summed E-state index contributed by atoms with van der Waals surface area (Å²) in [5.41, 5.74) is 0. The lowest BCUT2D eigenvalue weighted by Gasteiger charge is -2.31. The Kier molecular flexibility index (Phi) is 3.93. The first-order valence-electron chi connectivity index (χ1n) is 3.62. The van der Waals surface area contributed by atoms with E-state index in [-0.39, 0.29) is 6.61 Å². The molecule has 0 bridgehead atoms. The zero-order valence-corrected chi connectivity index (χ0v) is 7.64. The van der Waals surface area contributed by atoms with E-state index in [1.807, 2.05) is 0 Å². The van der Waals surface area contributed by atoms with E-state index in [4.69, 9.17) is 16.3 Å². The van der Waals surface area contributed by atoms with E-state index in [1.165, 1.54) is 12.8 Å². The van der Waals surface area contributed by atoms with Gasteiger partial charge in [0.05, 0.1) is 6.61 Å². The SMILES string of the molecule is OC[C@H]1CCCCN1PCl. The van der Waals surface area contributed by atoms with Crippen LogP contribution in [0.5, 0.6) is 0 Å². The summed E-state index contributed by atoms with van der Waals surface area (Å²) in [5, 5.41) is 8.90. The van der Waals surface area contributed by atoms with Gasteiger partial charge in [-0.1, -0.05) is 17.7 Å². The van der Waals surface area contributed by atoms with Crippen LogP contribution in [-0.2, 0) is 0 Å². The third kappa shape index (κ3) is 2.06. The molecule has 0 saturated carbocycles. The fraction of sp³-hybridized carbons (Fsp3) is 1.00. The van der Waals surface area contributed by atoms with E-state index in [0.29, 0.717) is 14.1 Å². The lowest BCUT2D eigenvalue weighted by atomic mass is 10.1. The molecule has 2 nitrogen and oxygen atoms in total. The second-order valence-electron chi connectivity index (χ2n) is 2.61. The molecule has 2 atom stereocenters. The standard InChI is InChI=1S/C6H13ClNOP/c7-10-8-4-2-1-3-6(8)5-9/h6,9-10H,1-5H2/t6-/m1/s1. The van der Waals surface area contributed by atoms with Crippen LogP contribution in [0.4, 0.5) is 0 Å². The molecule has 0 spiro atoms. The van der Waals surface area contributed by atoms with Crippen molar-refractivity contribution in [1.82, 2.24) is 4.67 Å². The molecule has 4 heteroatoms. The maximum Gasteiger partial charge on any atom is 0.0590 e. The first kappa shape index (κ1) is 8.73. The largest absolute Gasteiger partial charge is 0.395 e. The van der Waals surface area contributed by atoms with Gasteiger partial charge in [-0.05, 0) is 12.8 Å². The highest BCUT2D eigenvalue weighted by Crippen LogP contribution is 2.31. The van der Waals surface area contributed by atoms with Crippen molar-refractivity contribution in [1.29, 1.82) is 0 Å². The Balaban J connectivity index is 2.34. The molecule has 0 aromatic heterocycles. The molecule has 60 valence electrons. The highest BCUT2D eigenvalue weighted by atomic mass is 35.7. The molecule has 1 N–H and O–H groups in total. The molecule has 1 unspecified atom stereocenters. The van der Waals surface area contributed by atoms with Gasteiger partial charge in [0.2, 0.25) is 0 Å². The van der Waals surface area contributed by atoms with Gasteiger partial charge in [0.1, 0.15) is 0 Å². The number of nitrogens with zero attached hydrogens (tertiary/aromatic N) is 1. The number of aliphatic hydroxyl groups is 1. The summed E-state index contributed by atoms with van der Waals surface area (Å²) < 4.78 is 2.16. The summed E-state index contributed by atoms with van der Waals surface area (Å²) in [5.74, 6) is 0. The minimum atomic E-state index is 0.264. The molecule has 0 aromatic carbocycles. The van der Waals surface area contributed by atoms with Crippen molar-refractivity contribution in [2.45, 2.75) is 25.3 Å². The van der Waals surface area contributed by atoms with E-state index in [9.17, 15) is 0 Å². The smallest absolute Gasteiger partial charge is 0.0590 e. The summed E-state index contributed by atoms with van der Waals surface area (Å²) >= 11 is 5.70. The van der Waals surface area contributed by atoms with Gasteiger partial charge in [-0.15, -0.1) is 0 Å². The number of halogens is 1. The van der Waals surface area contributed by atoms with Crippen LogP contribution in [-0.4, -0.2) is 29.0 Å². The van der Waals surface area contributed by atoms with Gasteiger partial charge in [0.25, 0.3) is 0 Å². The first-order valence-corrected chi connectivity index (χ1v) is 5.58. The van der Waals surface area contributed by atoms with E-state index >= 15 is 0 Å². The molecular weight excluding hydrogens is 168 g/mol. The number of aliphatic hydroxyl groups excluding tert-OH is 1. The summed E-state index contributed by atoms with van der Waals surface area (Å²) in [6.45, 7) is 1.33. The van der Waals surface area contributed by atoms with Crippen molar-refractivity contribution in [2.24, 2.45) is 0 Å². The Labute approximate surface area is 68.2 Å². The normalized spacial score (nSPS) is 30.0. The van der Waals surface area contributed by atoms with Gasteiger partial charge in [-0.2, -0.15) is 0 Å². The van der Waals surface area contributed by atoms with Crippen molar-refractivity contribution in [3.05, 3.63) is 0 Å². The Morgan fingerprint density at radius 3 is 2.90 bits per heavy atom. The molecule has 1 aliphatic heterocycles. The van der Waals surface area contributed by atoms with E-state index in [2.05, 4.69) is 4.67 Å². The van der Waals surface area contributed by atoms with Crippen LogP contribution >= 0.6 is 19.3 Å². The van der Waals surface area contributed by atoms with Crippen molar-refractivity contribution < 1.29 is 5.11 Å². The number of hydrogen-bond acceptors (Lipinski definition) is 2. The highest BCUT2D eigenvalue weighted by Gasteiger charge is 2.20. The van der Waals surface area contributed by atoms with Gasteiger partial charge in [-0.3, -0.25) is 4.67 Å². The number of rotatable bonds is 2.